The zero-order chi connectivity index (χ0) is 20.9. The first kappa shape index (κ1) is 19.1. The van der Waals surface area contributed by atoms with E-state index in [1.54, 1.807) is 18.2 Å². The molecule has 2 fully saturated rings. The SMILES string of the molecule is NC(=O)C1(N)CCN(c2ccc3c(c2)C(=O)N(C2CCC(=O)NC2=O)C3=O)CC1. The largest absolute Gasteiger partial charge is 0.371 e. The molecule has 0 aromatic heterocycles. The van der Waals surface area contributed by atoms with Gasteiger partial charge in [-0.25, -0.2) is 0 Å². The fourth-order valence-electron chi connectivity index (χ4n) is 4.07. The molecule has 10 nitrogen and oxygen atoms in total. The van der Waals surface area contributed by atoms with E-state index >= 15 is 0 Å². The van der Waals surface area contributed by atoms with E-state index in [0.29, 0.717) is 25.9 Å². The predicted molar refractivity (Wildman–Crippen MR) is 101 cm³/mol. The molecular weight excluding hydrogens is 378 g/mol. The normalized spacial score (nSPS) is 23.8. The number of carbonyl (C=O) groups excluding carboxylic acids is 5. The topological polar surface area (TPSA) is 156 Å². The van der Waals surface area contributed by atoms with Crippen LogP contribution in [0.15, 0.2) is 18.2 Å². The number of hydrogen-bond acceptors (Lipinski definition) is 7. The quantitative estimate of drug-likeness (QED) is 0.543. The molecule has 10 heteroatoms. The first-order chi connectivity index (χ1) is 13.7. The molecule has 0 bridgehead atoms. The van der Waals surface area contributed by atoms with Crippen LogP contribution in [0.1, 0.15) is 46.4 Å². The summed E-state index contributed by atoms with van der Waals surface area (Å²) in [6, 6.07) is 3.92. The van der Waals surface area contributed by atoms with Gasteiger partial charge in [0.2, 0.25) is 17.7 Å². The van der Waals surface area contributed by atoms with Crippen molar-refractivity contribution < 1.29 is 24.0 Å². The van der Waals surface area contributed by atoms with Crippen molar-refractivity contribution in [1.82, 2.24) is 10.2 Å². The number of rotatable bonds is 3. The number of benzene rings is 1. The van der Waals surface area contributed by atoms with E-state index < -0.39 is 41.1 Å². The molecule has 29 heavy (non-hydrogen) atoms. The molecule has 0 radical (unpaired) electrons. The summed E-state index contributed by atoms with van der Waals surface area (Å²) in [6.45, 7) is 0.967. The number of nitrogens with one attached hydrogen (secondary N) is 1. The highest BCUT2D eigenvalue weighted by molar-refractivity contribution is 6.23. The number of nitrogens with zero attached hydrogens (tertiary/aromatic N) is 2. The average molecular weight is 399 g/mol. The van der Waals surface area contributed by atoms with Crippen LogP contribution in [0, 0.1) is 0 Å². The van der Waals surface area contributed by atoms with E-state index in [1.165, 1.54) is 0 Å². The summed E-state index contributed by atoms with van der Waals surface area (Å²) in [5, 5.41) is 2.17. The van der Waals surface area contributed by atoms with Gasteiger partial charge in [0.25, 0.3) is 11.8 Å². The standard InChI is InChI=1S/C19H21N5O5/c20-18(29)19(21)5-7-23(8-6-19)10-1-2-11-12(9-10)17(28)24(16(11)27)13-3-4-14(25)22-15(13)26/h1-2,9,13H,3-8,21H2,(H2,20,29)(H,22,25,26). The number of piperidine rings is 2. The maximum Gasteiger partial charge on any atom is 0.262 e. The lowest BCUT2D eigenvalue weighted by atomic mass is 9.87. The van der Waals surface area contributed by atoms with Crippen LogP contribution in [0.5, 0.6) is 0 Å². The van der Waals surface area contributed by atoms with Crippen LogP contribution in [0.3, 0.4) is 0 Å². The van der Waals surface area contributed by atoms with Gasteiger partial charge in [0.05, 0.1) is 16.7 Å². The summed E-state index contributed by atoms with van der Waals surface area (Å²) in [5.74, 6) is -2.69. The fourth-order valence-corrected chi connectivity index (χ4v) is 4.07. The molecule has 5 amide bonds. The van der Waals surface area contributed by atoms with E-state index in [9.17, 15) is 24.0 Å². The summed E-state index contributed by atoms with van der Waals surface area (Å²) in [4.78, 5) is 63.6. The Kier molecular flexibility index (Phi) is 4.38. The third-order valence-corrected chi connectivity index (χ3v) is 5.93. The summed E-state index contributed by atoms with van der Waals surface area (Å²) in [6.07, 6.45) is 0.952. The van der Waals surface area contributed by atoms with Gasteiger partial charge >= 0.3 is 0 Å². The lowest BCUT2D eigenvalue weighted by Crippen LogP contribution is -2.58. The van der Waals surface area contributed by atoms with Crippen molar-refractivity contribution in [1.29, 1.82) is 0 Å². The number of hydrogen-bond donors (Lipinski definition) is 3. The molecule has 152 valence electrons. The van der Waals surface area contributed by atoms with E-state index in [4.69, 9.17) is 11.5 Å². The molecule has 3 aliphatic heterocycles. The maximum atomic E-state index is 12.9. The van der Waals surface area contributed by atoms with Crippen molar-refractivity contribution in [3.05, 3.63) is 29.3 Å². The second-order valence-corrected chi connectivity index (χ2v) is 7.68. The predicted octanol–water partition coefficient (Wildman–Crippen LogP) is -1.13. The van der Waals surface area contributed by atoms with Crippen molar-refractivity contribution in [2.75, 3.05) is 18.0 Å². The third kappa shape index (κ3) is 3.05. The van der Waals surface area contributed by atoms with E-state index in [2.05, 4.69) is 5.32 Å². The van der Waals surface area contributed by atoms with Crippen LogP contribution >= 0.6 is 0 Å². The highest BCUT2D eigenvalue weighted by Crippen LogP contribution is 2.32. The molecular formula is C19H21N5O5. The number of imide groups is 2. The zero-order valence-corrected chi connectivity index (χ0v) is 15.6. The molecule has 0 spiro atoms. The number of fused-ring (bicyclic) bond motifs is 1. The molecule has 0 saturated carbocycles. The van der Waals surface area contributed by atoms with Gasteiger partial charge in [0.1, 0.15) is 6.04 Å². The Morgan fingerprint density at radius 2 is 1.72 bits per heavy atom. The van der Waals surface area contributed by atoms with Gasteiger partial charge in [-0.1, -0.05) is 0 Å². The highest BCUT2D eigenvalue weighted by Gasteiger charge is 2.45. The Morgan fingerprint density at radius 1 is 1.07 bits per heavy atom. The number of anilines is 1. The third-order valence-electron chi connectivity index (χ3n) is 5.93. The average Bonchev–Trinajstić information content (AvgIpc) is 2.93. The van der Waals surface area contributed by atoms with E-state index in [-0.39, 0.29) is 24.0 Å². The van der Waals surface area contributed by atoms with Gasteiger partial charge in [0, 0.05) is 25.2 Å². The van der Waals surface area contributed by atoms with Crippen LogP contribution in [0.4, 0.5) is 5.69 Å². The molecule has 3 heterocycles. The van der Waals surface area contributed by atoms with Crippen LogP contribution in [-0.2, 0) is 14.4 Å². The van der Waals surface area contributed by atoms with Crippen LogP contribution in [0.25, 0.3) is 0 Å². The minimum absolute atomic E-state index is 0.0730. The van der Waals surface area contributed by atoms with Gasteiger partial charge in [-0.2, -0.15) is 0 Å². The second-order valence-electron chi connectivity index (χ2n) is 7.68. The highest BCUT2D eigenvalue weighted by atomic mass is 16.2. The van der Waals surface area contributed by atoms with Gasteiger partial charge in [-0.15, -0.1) is 0 Å². The van der Waals surface area contributed by atoms with Crippen LogP contribution in [-0.4, -0.2) is 59.1 Å². The van der Waals surface area contributed by atoms with Gasteiger partial charge in [-0.3, -0.25) is 34.2 Å². The summed E-state index contributed by atoms with van der Waals surface area (Å²) >= 11 is 0. The first-order valence-electron chi connectivity index (χ1n) is 9.41. The smallest absolute Gasteiger partial charge is 0.262 e. The molecule has 1 aromatic rings. The van der Waals surface area contributed by atoms with Gasteiger partial charge < -0.3 is 16.4 Å². The summed E-state index contributed by atoms with van der Waals surface area (Å²) in [5.41, 5.74) is 11.5. The van der Waals surface area contributed by atoms with Crippen LogP contribution in [0.2, 0.25) is 0 Å². The number of primary amides is 1. The molecule has 0 aliphatic carbocycles. The van der Waals surface area contributed by atoms with Crippen molar-refractivity contribution in [3.63, 3.8) is 0 Å². The van der Waals surface area contributed by atoms with Gasteiger partial charge in [0.15, 0.2) is 0 Å². The Hall–Kier alpha value is -3.27. The monoisotopic (exact) mass is 399 g/mol. The lowest BCUT2D eigenvalue weighted by Gasteiger charge is -2.38. The van der Waals surface area contributed by atoms with Crippen molar-refractivity contribution in [2.45, 2.75) is 37.3 Å². The lowest BCUT2D eigenvalue weighted by molar-refractivity contribution is -0.136. The molecule has 1 aromatic carbocycles. The minimum atomic E-state index is -1.04. The first-order valence-corrected chi connectivity index (χ1v) is 9.41. The molecule has 5 N–H and O–H groups in total. The number of nitrogens with two attached hydrogens (primary N) is 2. The van der Waals surface area contributed by atoms with Crippen LogP contribution < -0.4 is 21.7 Å². The van der Waals surface area contributed by atoms with Crippen molar-refractivity contribution in [2.24, 2.45) is 11.5 Å². The molecule has 4 rings (SSSR count). The maximum absolute atomic E-state index is 12.9. The Morgan fingerprint density at radius 3 is 2.34 bits per heavy atom. The van der Waals surface area contributed by atoms with Gasteiger partial charge in [-0.05, 0) is 37.5 Å². The molecule has 1 unspecified atom stereocenters. The zero-order valence-electron chi connectivity index (χ0n) is 15.6. The van der Waals surface area contributed by atoms with Crippen molar-refractivity contribution >= 4 is 35.2 Å². The summed E-state index contributed by atoms with van der Waals surface area (Å²) < 4.78 is 0. The summed E-state index contributed by atoms with van der Waals surface area (Å²) in [7, 11) is 0. The minimum Gasteiger partial charge on any atom is -0.371 e. The number of amides is 5. The van der Waals surface area contributed by atoms with Crippen molar-refractivity contribution in [3.8, 4) is 0 Å². The Bertz CT molecular complexity index is 950. The Balaban J connectivity index is 1.56. The Labute approximate surface area is 166 Å². The fraction of sp³-hybridized carbons (Fsp3) is 0.421. The molecule has 3 aliphatic rings. The van der Waals surface area contributed by atoms with E-state index in [0.717, 1.165) is 10.6 Å². The molecule has 2 saturated heterocycles. The van der Waals surface area contributed by atoms with E-state index in [1.807, 2.05) is 4.90 Å². The second kappa shape index (κ2) is 6.66. The number of carbonyl (C=O) groups is 5. The molecule has 1 atom stereocenters.